The quantitative estimate of drug-likeness (QED) is 0.803. The molecule has 0 aliphatic rings. The molecule has 5 heteroatoms. The van der Waals surface area contributed by atoms with Crippen LogP contribution in [-0.2, 0) is 9.59 Å². The van der Waals surface area contributed by atoms with E-state index in [-0.39, 0.29) is 5.91 Å². The van der Waals surface area contributed by atoms with Gasteiger partial charge in [0.1, 0.15) is 5.82 Å². The molecule has 0 aromatic carbocycles. The second-order valence-corrected chi connectivity index (χ2v) is 4.82. The summed E-state index contributed by atoms with van der Waals surface area (Å²) in [6.45, 7) is 5.41. The average Bonchev–Trinajstić information content (AvgIpc) is 2.25. The van der Waals surface area contributed by atoms with Crippen molar-refractivity contribution in [3.8, 4) is 0 Å². The van der Waals surface area contributed by atoms with Gasteiger partial charge >= 0.3 is 5.97 Å². The van der Waals surface area contributed by atoms with Gasteiger partial charge in [0.2, 0.25) is 5.91 Å². The second kappa shape index (κ2) is 5.44. The predicted octanol–water partition coefficient (Wildman–Crippen LogP) is 2.16. The second-order valence-electron chi connectivity index (χ2n) is 4.82. The number of pyridine rings is 1. The molecule has 0 spiro atoms. The van der Waals surface area contributed by atoms with Crippen LogP contribution in [0.3, 0.4) is 0 Å². The maximum atomic E-state index is 11.7. The molecule has 1 heterocycles. The summed E-state index contributed by atoms with van der Waals surface area (Å²) in [5.41, 5.74) is -0.0293. The number of amides is 1. The number of anilines is 1. The van der Waals surface area contributed by atoms with Crippen LogP contribution in [0.5, 0.6) is 0 Å². The number of aromatic nitrogens is 1. The van der Waals surface area contributed by atoms with Crippen molar-refractivity contribution in [2.75, 3.05) is 5.32 Å². The SMILES string of the molecule is CC(C)(C)C(=O)Nc1cccc(/C=C/C(=O)O)n1. The maximum Gasteiger partial charge on any atom is 0.328 e. The van der Waals surface area contributed by atoms with Gasteiger partial charge in [0.15, 0.2) is 0 Å². The van der Waals surface area contributed by atoms with Crippen LogP contribution < -0.4 is 5.32 Å². The van der Waals surface area contributed by atoms with Gasteiger partial charge in [0, 0.05) is 11.5 Å². The molecular weight excluding hydrogens is 232 g/mol. The van der Waals surface area contributed by atoms with Crippen LogP contribution in [0.2, 0.25) is 0 Å². The van der Waals surface area contributed by atoms with Crippen molar-refractivity contribution in [1.29, 1.82) is 0 Å². The zero-order valence-corrected chi connectivity index (χ0v) is 10.6. The molecule has 2 N–H and O–H groups in total. The number of carbonyl (C=O) groups is 2. The Labute approximate surface area is 106 Å². The van der Waals surface area contributed by atoms with Crippen LogP contribution >= 0.6 is 0 Å². The van der Waals surface area contributed by atoms with Gasteiger partial charge in [-0.2, -0.15) is 0 Å². The van der Waals surface area contributed by atoms with Crippen molar-refractivity contribution >= 4 is 23.8 Å². The van der Waals surface area contributed by atoms with E-state index in [9.17, 15) is 9.59 Å². The van der Waals surface area contributed by atoms with E-state index in [1.165, 1.54) is 6.08 Å². The van der Waals surface area contributed by atoms with Crippen molar-refractivity contribution in [1.82, 2.24) is 4.98 Å². The summed E-state index contributed by atoms with van der Waals surface area (Å²) in [6.07, 6.45) is 2.37. The number of hydrogen-bond acceptors (Lipinski definition) is 3. The number of hydrogen-bond donors (Lipinski definition) is 2. The first-order chi connectivity index (χ1) is 8.29. The lowest BCUT2D eigenvalue weighted by Gasteiger charge is -2.17. The maximum absolute atomic E-state index is 11.7. The van der Waals surface area contributed by atoms with Gasteiger partial charge in [0.05, 0.1) is 5.69 Å². The lowest BCUT2D eigenvalue weighted by Crippen LogP contribution is -2.28. The van der Waals surface area contributed by atoms with Crippen LogP contribution in [0.15, 0.2) is 24.3 Å². The highest BCUT2D eigenvalue weighted by Gasteiger charge is 2.21. The van der Waals surface area contributed by atoms with Crippen LogP contribution in [0.25, 0.3) is 6.08 Å². The number of nitrogens with one attached hydrogen (secondary N) is 1. The van der Waals surface area contributed by atoms with E-state index in [1.54, 1.807) is 39.0 Å². The van der Waals surface area contributed by atoms with E-state index in [1.807, 2.05) is 0 Å². The fraction of sp³-hybridized carbons (Fsp3) is 0.308. The Morgan fingerprint density at radius 2 is 2.00 bits per heavy atom. The number of carboxylic acid groups (broad SMARTS) is 1. The lowest BCUT2D eigenvalue weighted by molar-refractivity contribution is -0.131. The first-order valence-electron chi connectivity index (χ1n) is 5.48. The molecule has 0 radical (unpaired) electrons. The molecular formula is C13H16N2O3. The van der Waals surface area contributed by atoms with Crippen LogP contribution in [0, 0.1) is 5.41 Å². The van der Waals surface area contributed by atoms with Crippen molar-refractivity contribution in [3.05, 3.63) is 30.0 Å². The minimum absolute atomic E-state index is 0.144. The molecule has 1 amide bonds. The molecule has 1 aromatic heterocycles. The number of carbonyl (C=O) groups excluding carboxylic acids is 1. The standard InChI is InChI=1S/C13H16N2O3/c1-13(2,3)12(18)15-10-6-4-5-9(14-10)7-8-11(16)17/h4-8H,1-3H3,(H,16,17)(H,14,15,18)/b8-7+. The monoisotopic (exact) mass is 248 g/mol. The number of rotatable bonds is 3. The Kier molecular flexibility index (Phi) is 4.20. The molecule has 18 heavy (non-hydrogen) atoms. The van der Waals surface area contributed by atoms with Crippen LogP contribution in [0.4, 0.5) is 5.82 Å². The van der Waals surface area contributed by atoms with Gasteiger partial charge in [0.25, 0.3) is 0 Å². The summed E-state index contributed by atoms with van der Waals surface area (Å²) < 4.78 is 0. The highest BCUT2D eigenvalue weighted by atomic mass is 16.4. The molecule has 0 fully saturated rings. The third-order valence-electron chi connectivity index (χ3n) is 2.09. The molecule has 0 saturated carbocycles. The fourth-order valence-electron chi connectivity index (χ4n) is 1.07. The van der Waals surface area contributed by atoms with E-state index in [4.69, 9.17) is 5.11 Å². The minimum Gasteiger partial charge on any atom is -0.478 e. The molecule has 0 unspecified atom stereocenters. The zero-order chi connectivity index (χ0) is 13.8. The summed E-state index contributed by atoms with van der Waals surface area (Å²) in [5.74, 6) is -0.780. The van der Waals surface area contributed by atoms with E-state index in [0.29, 0.717) is 11.5 Å². The van der Waals surface area contributed by atoms with Gasteiger partial charge in [-0.25, -0.2) is 9.78 Å². The van der Waals surface area contributed by atoms with Gasteiger partial charge in [-0.3, -0.25) is 4.79 Å². The van der Waals surface area contributed by atoms with Gasteiger partial charge in [-0.05, 0) is 18.2 Å². The molecule has 0 atom stereocenters. The largest absolute Gasteiger partial charge is 0.478 e. The summed E-state index contributed by atoms with van der Waals surface area (Å²) in [6, 6.07) is 5.01. The summed E-state index contributed by atoms with van der Waals surface area (Å²) in [4.78, 5) is 26.2. The van der Waals surface area contributed by atoms with Crippen molar-refractivity contribution in [3.63, 3.8) is 0 Å². The van der Waals surface area contributed by atoms with Crippen molar-refractivity contribution in [2.45, 2.75) is 20.8 Å². The van der Waals surface area contributed by atoms with E-state index in [0.717, 1.165) is 6.08 Å². The third-order valence-corrected chi connectivity index (χ3v) is 2.09. The number of nitrogens with zero attached hydrogens (tertiary/aromatic N) is 1. The molecule has 0 aliphatic carbocycles. The summed E-state index contributed by atoms with van der Waals surface area (Å²) >= 11 is 0. The Bertz CT molecular complexity index is 487. The van der Waals surface area contributed by atoms with E-state index in [2.05, 4.69) is 10.3 Å². The van der Waals surface area contributed by atoms with E-state index < -0.39 is 11.4 Å². The van der Waals surface area contributed by atoms with Crippen LogP contribution in [-0.4, -0.2) is 22.0 Å². The van der Waals surface area contributed by atoms with Gasteiger partial charge in [-0.15, -0.1) is 0 Å². The van der Waals surface area contributed by atoms with Gasteiger partial charge in [-0.1, -0.05) is 26.8 Å². The smallest absolute Gasteiger partial charge is 0.328 e. The Morgan fingerprint density at radius 1 is 1.33 bits per heavy atom. The molecule has 5 nitrogen and oxygen atoms in total. The zero-order valence-electron chi connectivity index (χ0n) is 10.6. The highest BCUT2D eigenvalue weighted by Crippen LogP contribution is 2.16. The average molecular weight is 248 g/mol. The molecule has 0 saturated heterocycles. The van der Waals surface area contributed by atoms with Crippen molar-refractivity contribution in [2.24, 2.45) is 5.41 Å². The Balaban J connectivity index is 2.83. The third kappa shape index (κ3) is 4.37. The summed E-state index contributed by atoms with van der Waals surface area (Å²) in [5, 5.41) is 11.2. The minimum atomic E-state index is -1.04. The first-order valence-corrected chi connectivity index (χ1v) is 5.48. The molecule has 1 aromatic rings. The van der Waals surface area contributed by atoms with Crippen molar-refractivity contribution < 1.29 is 14.7 Å². The lowest BCUT2D eigenvalue weighted by atomic mass is 9.96. The first kappa shape index (κ1) is 13.9. The topological polar surface area (TPSA) is 79.3 Å². The van der Waals surface area contributed by atoms with Crippen LogP contribution in [0.1, 0.15) is 26.5 Å². The normalized spacial score (nSPS) is 11.5. The number of carboxylic acids is 1. The molecule has 1 rings (SSSR count). The molecule has 0 bridgehead atoms. The van der Waals surface area contributed by atoms with Gasteiger partial charge < -0.3 is 10.4 Å². The molecule has 96 valence electrons. The van der Waals surface area contributed by atoms with E-state index >= 15 is 0 Å². The molecule has 0 aliphatic heterocycles. The Morgan fingerprint density at radius 3 is 2.56 bits per heavy atom. The fourth-order valence-corrected chi connectivity index (χ4v) is 1.07. The highest BCUT2D eigenvalue weighted by molar-refractivity contribution is 5.93. The Hall–Kier alpha value is -2.17. The predicted molar refractivity (Wildman–Crippen MR) is 69.0 cm³/mol. The number of aliphatic carboxylic acids is 1. The summed E-state index contributed by atoms with van der Waals surface area (Å²) in [7, 11) is 0.